The molecule has 0 radical (unpaired) electrons. The van der Waals surface area contributed by atoms with Crippen molar-refractivity contribution in [3.05, 3.63) is 83.0 Å². The molecule has 0 aromatic heterocycles. The van der Waals surface area contributed by atoms with Crippen LogP contribution in [-0.2, 0) is 0 Å². The molecule has 0 saturated heterocycles. The second kappa shape index (κ2) is 8.91. The van der Waals surface area contributed by atoms with Gasteiger partial charge in [-0.2, -0.15) is 5.10 Å². The van der Waals surface area contributed by atoms with Crippen molar-refractivity contribution in [2.24, 2.45) is 11.0 Å². The van der Waals surface area contributed by atoms with Crippen LogP contribution < -0.4 is 10.7 Å². The standard InChI is InChI=1S/C25H29N3O/c1-16(2)20-14-13-18(4)24(15-20)27-28-25(29)21-10-6-7-11-23(21)26-22-12-8-9-17(3)19(22)5/h6-13,20,26H,1,14-15H2,2-5H3,(H,28,29)/b27-24+. The summed E-state index contributed by atoms with van der Waals surface area (Å²) in [5.74, 6) is 0.156. The summed E-state index contributed by atoms with van der Waals surface area (Å²) in [6.07, 6.45) is 3.96. The van der Waals surface area contributed by atoms with E-state index in [-0.39, 0.29) is 5.91 Å². The zero-order valence-electron chi connectivity index (χ0n) is 17.7. The van der Waals surface area contributed by atoms with Crippen molar-refractivity contribution in [2.75, 3.05) is 5.32 Å². The molecule has 4 heteroatoms. The summed E-state index contributed by atoms with van der Waals surface area (Å²) in [7, 11) is 0. The quantitative estimate of drug-likeness (QED) is 0.483. The van der Waals surface area contributed by atoms with Crippen molar-refractivity contribution in [1.82, 2.24) is 5.43 Å². The lowest BCUT2D eigenvalue weighted by Gasteiger charge is -2.22. The maximum atomic E-state index is 12.9. The van der Waals surface area contributed by atoms with Gasteiger partial charge in [0.1, 0.15) is 0 Å². The summed E-state index contributed by atoms with van der Waals surface area (Å²) in [5, 5.41) is 7.83. The maximum Gasteiger partial charge on any atom is 0.273 e. The summed E-state index contributed by atoms with van der Waals surface area (Å²) in [6, 6.07) is 13.6. The van der Waals surface area contributed by atoms with Gasteiger partial charge in [0.25, 0.3) is 5.91 Å². The Labute approximate surface area is 173 Å². The number of allylic oxidation sites excluding steroid dienone is 3. The van der Waals surface area contributed by atoms with E-state index in [0.717, 1.165) is 46.6 Å². The van der Waals surface area contributed by atoms with Gasteiger partial charge in [0.2, 0.25) is 0 Å². The van der Waals surface area contributed by atoms with Crippen LogP contribution in [0.1, 0.15) is 48.2 Å². The largest absolute Gasteiger partial charge is 0.355 e. The van der Waals surface area contributed by atoms with E-state index < -0.39 is 0 Å². The molecule has 1 unspecified atom stereocenters. The number of amides is 1. The van der Waals surface area contributed by atoms with E-state index in [1.165, 1.54) is 5.56 Å². The van der Waals surface area contributed by atoms with Crippen LogP contribution in [0.2, 0.25) is 0 Å². The normalized spacial score (nSPS) is 17.6. The van der Waals surface area contributed by atoms with Crippen LogP contribution in [0.25, 0.3) is 0 Å². The van der Waals surface area contributed by atoms with Gasteiger partial charge in [0.15, 0.2) is 0 Å². The highest BCUT2D eigenvalue weighted by Crippen LogP contribution is 2.27. The Morgan fingerprint density at radius 3 is 2.55 bits per heavy atom. The molecular weight excluding hydrogens is 358 g/mol. The third kappa shape index (κ3) is 4.83. The first kappa shape index (κ1) is 20.6. The van der Waals surface area contributed by atoms with Gasteiger partial charge in [-0.05, 0) is 81.4 Å². The lowest BCUT2D eigenvalue weighted by Crippen LogP contribution is -2.23. The molecule has 2 aromatic rings. The van der Waals surface area contributed by atoms with Crippen molar-refractivity contribution < 1.29 is 4.79 Å². The molecule has 1 aliphatic carbocycles. The smallest absolute Gasteiger partial charge is 0.273 e. The predicted molar refractivity (Wildman–Crippen MR) is 122 cm³/mol. The highest BCUT2D eigenvalue weighted by molar-refractivity contribution is 6.04. The van der Waals surface area contributed by atoms with Crippen LogP contribution in [0.4, 0.5) is 11.4 Å². The molecule has 4 nitrogen and oxygen atoms in total. The van der Waals surface area contributed by atoms with E-state index in [0.29, 0.717) is 11.5 Å². The topological polar surface area (TPSA) is 53.5 Å². The number of nitrogens with one attached hydrogen (secondary N) is 2. The zero-order chi connectivity index (χ0) is 21.0. The van der Waals surface area contributed by atoms with E-state index in [1.807, 2.05) is 50.2 Å². The Hall–Kier alpha value is -3.14. The number of hydrogen-bond donors (Lipinski definition) is 2. The molecular formula is C25H29N3O. The van der Waals surface area contributed by atoms with Gasteiger partial charge < -0.3 is 5.32 Å². The summed E-state index contributed by atoms with van der Waals surface area (Å²) in [5.41, 5.74) is 10.6. The first-order chi connectivity index (χ1) is 13.9. The number of carbonyl (C=O) groups excluding carboxylic acids is 1. The zero-order valence-corrected chi connectivity index (χ0v) is 17.7. The molecule has 0 spiro atoms. The Morgan fingerprint density at radius 1 is 1.07 bits per heavy atom. The third-order valence-electron chi connectivity index (χ3n) is 5.64. The van der Waals surface area contributed by atoms with Gasteiger partial charge in [-0.15, -0.1) is 0 Å². The molecule has 29 heavy (non-hydrogen) atoms. The average molecular weight is 388 g/mol. The number of aryl methyl sites for hydroxylation is 1. The van der Waals surface area contributed by atoms with E-state index in [1.54, 1.807) is 0 Å². The van der Waals surface area contributed by atoms with Crippen molar-refractivity contribution >= 4 is 23.0 Å². The molecule has 2 N–H and O–H groups in total. The molecule has 2 aromatic carbocycles. The molecule has 0 bridgehead atoms. The van der Waals surface area contributed by atoms with Gasteiger partial charge in [0, 0.05) is 5.69 Å². The molecule has 0 heterocycles. The summed E-state index contributed by atoms with van der Waals surface area (Å²) in [4.78, 5) is 12.9. The number of nitrogens with zero attached hydrogens (tertiary/aromatic N) is 1. The number of hydrazone groups is 1. The van der Waals surface area contributed by atoms with Crippen LogP contribution in [0, 0.1) is 19.8 Å². The number of para-hydroxylation sites is 1. The molecule has 0 saturated carbocycles. The molecule has 0 aliphatic heterocycles. The van der Waals surface area contributed by atoms with E-state index in [4.69, 9.17) is 0 Å². The predicted octanol–water partition coefficient (Wildman–Crippen LogP) is 6.07. The second-order valence-electron chi connectivity index (χ2n) is 7.79. The summed E-state index contributed by atoms with van der Waals surface area (Å²) in [6.45, 7) is 12.3. The first-order valence-corrected chi connectivity index (χ1v) is 9.98. The average Bonchev–Trinajstić information content (AvgIpc) is 2.71. The Kier molecular flexibility index (Phi) is 6.32. The van der Waals surface area contributed by atoms with E-state index in [2.05, 4.69) is 48.4 Å². The fraction of sp³-hybridized carbons (Fsp3) is 0.280. The van der Waals surface area contributed by atoms with Crippen LogP contribution in [0.3, 0.4) is 0 Å². The fourth-order valence-electron chi connectivity index (χ4n) is 3.42. The van der Waals surface area contributed by atoms with Crippen LogP contribution in [0.5, 0.6) is 0 Å². The minimum absolute atomic E-state index is 0.226. The maximum absolute atomic E-state index is 12.9. The first-order valence-electron chi connectivity index (χ1n) is 9.98. The number of carbonyl (C=O) groups is 1. The summed E-state index contributed by atoms with van der Waals surface area (Å²) >= 11 is 0. The molecule has 0 fully saturated rings. The van der Waals surface area contributed by atoms with Crippen molar-refractivity contribution in [2.45, 2.75) is 40.5 Å². The lowest BCUT2D eigenvalue weighted by molar-refractivity contribution is 0.0955. The lowest BCUT2D eigenvalue weighted by atomic mass is 9.85. The Morgan fingerprint density at radius 2 is 1.79 bits per heavy atom. The number of anilines is 2. The van der Waals surface area contributed by atoms with Crippen LogP contribution in [0.15, 0.2) is 71.4 Å². The third-order valence-corrected chi connectivity index (χ3v) is 5.64. The SMILES string of the molecule is C=C(C)C1CC=C(C)/C(=N/NC(=O)c2ccccc2Nc2cccc(C)c2C)C1. The molecule has 1 aliphatic rings. The fourth-order valence-corrected chi connectivity index (χ4v) is 3.42. The van der Waals surface area contributed by atoms with Crippen LogP contribution in [-0.4, -0.2) is 11.6 Å². The monoisotopic (exact) mass is 387 g/mol. The minimum atomic E-state index is -0.226. The Bertz CT molecular complexity index is 1000. The number of benzene rings is 2. The number of hydrogen-bond acceptors (Lipinski definition) is 3. The molecule has 3 rings (SSSR count). The molecule has 1 amide bonds. The second-order valence-corrected chi connectivity index (χ2v) is 7.79. The Balaban J connectivity index is 1.80. The summed E-state index contributed by atoms with van der Waals surface area (Å²) < 4.78 is 0. The van der Waals surface area contributed by atoms with Crippen LogP contribution >= 0.6 is 0 Å². The van der Waals surface area contributed by atoms with Gasteiger partial charge in [0.05, 0.1) is 17.0 Å². The van der Waals surface area contributed by atoms with Crippen molar-refractivity contribution in [3.8, 4) is 0 Å². The molecule has 150 valence electrons. The minimum Gasteiger partial charge on any atom is -0.355 e. The highest BCUT2D eigenvalue weighted by Gasteiger charge is 2.19. The van der Waals surface area contributed by atoms with E-state index >= 15 is 0 Å². The van der Waals surface area contributed by atoms with Gasteiger partial charge in [-0.3, -0.25) is 4.79 Å². The van der Waals surface area contributed by atoms with Gasteiger partial charge in [-0.1, -0.05) is 42.5 Å². The van der Waals surface area contributed by atoms with Crippen molar-refractivity contribution in [3.63, 3.8) is 0 Å². The highest BCUT2D eigenvalue weighted by atomic mass is 16.2. The number of rotatable bonds is 5. The van der Waals surface area contributed by atoms with Crippen molar-refractivity contribution in [1.29, 1.82) is 0 Å². The molecule has 1 atom stereocenters. The van der Waals surface area contributed by atoms with Gasteiger partial charge >= 0.3 is 0 Å². The van der Waals surface area contributed by atoms with Gasteiger partial charge in [-0.25, -0.2) is 5.43 Å². The van der Waals surface area contributed by atoms with E-state index in [9.17, 15) is 4.79 Å².